The van der Waals surface area contributed by atoms with E-state index in [2.05, 4.69) is 12.0 Å². The first-order chi connectivity index (χ1) is 6.33. The Hall–Kier alpha value is -1.75. The zero-order valence-corrected chi connectivity index (χ0v) is 7.37. The van der Waals surface area contributed by atoms with Crippen LogP contribution in [0.3, 0.4) is 0 Å². The molecule has 64 valence electrons. The molecule has 13 heavy (non-hydrogen) atoms. The quantitative estimate of drug-likeness (QED) is 0.542. The summed E-state index contributed by atoms with van der Waals surface area (Å²) in [5.41, 5.74) is 2.00. The first-order valence-electron chi connectivity index (χ1n) is 4.16. The van der Waals surface area contributed by atoms with Crippen molar-refractivity contribution in [3.63, 3.8) is 0 Å². The highest BCUT2D eigenvalue weighted by molar-refractivity contribution is 6.03. The zero-order chi connectivity index (χ0) is 9.26. The second kappa shape index (κ2) is 2.95. The average Bonchev–Trinajstić information content (AvgIpc) is 2.44. The van der Waals surface area contributed by atoms with Crippen molar-refractivity contribution >= 4 is 11.6 Å². The number of amides is 1. The van der Waals surface area contributed by atoms with Crippen LogP contribution >= 0.6 is 0 Å². The number of hydrogen-bond acceptors (Lipinski definition) is 1. The van der Waals surface area contributed by atoms with Gasteiger partial charge in [-0.3, -0.25) is 4.79 Å². The molecule has 2 heteroatoms. The van der Waals surface area contributed by atoms with Gasteiger partial charge in [0.15, 0.2) is 0 Å². The maximum absolute atomic E-state index is 11.4. The van der Waals surface area contributed by atoms with Gasteiger partial charge in [-0.25, -0.2) is 4.90 Å². The summed E-state index contributed by atoms with van der Waals surface area (Å²) in [5.74, 6) is 2.80. The van der Waals surface area contributed by atoms with Gasteiger partial charge in [0.05, 0.1) is 12.1 Å². The molecule has 1 aromatic rings. The van der Waals surface area contributed by atoms with Gasteiger partial charge < -0.3 is 0 Å². The van der Waals surface area contributed by atoms with E-state index < -0.39 is 0 Å². The number of carbonyl (C=O) groups is 1. The van der Waals surface area contributed by atoms with Crippen LogP contribution in [-0.4, -0.2) is 5.91 Å². The first-order valence-corrected chi connectivity index (χ1v) is 4.16. The molecule has 1 aliphatic heterocycles. The molecular weight excluding hydrogens is 162 g/mol. The van der Waals surface area contributed by atoms with Crippen molar-refractivity contribution in [3.05, 3.63) is 29.8 Å². The Balaban J connectivity index is 2.50. The Morgan fingerprint density at radius 2 is 2.15 bits per heavy atom. The van der Waals surface area contributed by atoms with Crippen LogP contribution in [0.1, 0.15) is 12.5 Å². The molecule has 0 unspecified atom stereocenters. The Morgan fingerprint density at radius 1 is 1.38 bits per heavy atom. The molecule has 0 saturated heterocycles. The van der Waals surface area contributed by atoms with E-state index in [1.165, 1.54) is 4.90 Å². The maximum Gasteiger partial charge on any atom is 0.243 e. The topological polar surface area (TPSA) is 20.3 Å². The van der Waals surface area contributed by atoms with Crippen molar-refractivity contribution < 1.29 is 4.79 Å². The Kier molecular flexibility index (Phi) is 1.79. The van der Waals surface area contributed by atoms with Crippen LogP contribution in [-0.2, 0) is 11.2 Å². The SMILES string of the molecule is CC#CN1C(=O)Cc2ccccc21. The maximum atomic E-state index is 11.4. The van der Waals surface area contributed by atoms with Crippen LogP contribution in [0.15, 0.2) is 24.3 Å². The predicted molar refractivity (Wildman–Crippen MR) is 51.1 cm³/mol. The van der Waals surface area contributed by atoms with E-state index in [1.54, 1.807) is 6.92 Å². The van der Waals surface area contributed by atoms with Crippen LogP contribution in [0.5, 0.6) is 0 Å². The number of anilines is 1. The van der Waals surface area contributed by atoms with E-state index in [9.17, 15) is 4.79 Å². The molecule has 1 heterocycles. The minimum absolute atomic E-state index is 0.0653. The van der Waals surface area contributed by atoms with E-state index in [4.69, 9.17) is 0 Å². The lowest BCUT2D eigenvalue weighted by atomic mass is 10.2. The van der Waals surface area contributed by atoms with Crippen LogP contribution < -0.4 is 4.90 Å². The van der Waals surface area contributed by atoms with Gasteiger partial charge in [0.2, 0.25) is 5.91 Å². The molecule has 0 spiro atoms. The Morgan fingerprint density at radius 3 is 2.92 bits per heavy atom. The molecule has 2 rings (SSSR count). The van der Waals surface area contributed by atoms with Gasteiger partial charge in [-0.15, -0.1) is 0 Å². The van der Waals surface area contributed by atoms with E-state index in [1.807, 2.05) is 24.3 Å². The third-order valence-electron chi connectivity index (χ3n) is 2.05. The summed E-state index contributed by atoms with van der Waals surface area (Å²) in [6.45, 7) is 1.73. The van der Waals surface area contributed by atoms with Gasteiger partial charge in [-0.05, 0) is 18.6 Å². The summed E-state index contributed by atoms with van der Waals surface area (Å²) in [4.78, 5) is 13.0. The highest BCUT2D eigenvalue weighted by Crippen LogP contribution is 2.27. The molecule has 0 radical (unpaired) electrons. The van der Waals surface area contributed by atoms with Crippen molar-refractivity contribution in [1.82, 2.24) is 0 Å². The molecule has 0 N–H and O–H groups in total. The van der Waals surface area contributed by atoms with Crippen molar-refractivity contribution in [2.75, 3.05) is 4.90 Å². The lowest BCUT2D eigenvalue weighted by Crippen LogP contribution is -2.20. The highest BCUT2D eigenvalue weighted by atomic mass is 16.2. The normalized spacial score (nSPS) is 13.6. The van der Waals surface area contributed by atoms with E-state index in [-0.39, 0.29) is 5.91 Å². The Labute approximate surface area is 77.2 Å². The Bertz CT molecular complexity index is 412. The summed E-state index contributed by atoms with van der Waals surface area (Å²) >= 11 is 0. The second-order valence-electron chi connectivity index (χ2n) is 2.90. The monoisotopic (exact) mass is 171 g/mol. The highest BCUT2D eigenvalue weighted by Gasteiger charge is 2.25. The molecule has 2 nitrogen and oxygen atoms in total. The molecule has 0 aliphatic carbocycles. The van der Waals surface area contributed by atoms with Crippen molar-refractivity contribution in [2.24, 2.45) is 0 Å². The smallest absolute Gasteiger partial charge is 0.243 e. The predicted octanol–water partition coefficient (Wildman–Crippen LogP) is 1.56. The first kappa shape index (κ1) is 7.88. The van der Waals surface area contributed by atoms with Crippen LogP contribution in [0, 0.1) is 12.0 Å². The van der Waals surface area contributed by atoms with Gasteiger partial charge in [-0.1, -0.05) is 24.1 Å². The summed E-state index contributed by atoms with van der Waals surface area (Å²) < 4.78 is 0. The summed E-state index contributed by atoms with van der Waals surface area (Å²) in [6.07, 6.45) is 0.477. The van der Waals surface area contributed by atoms with E-state index >= 15 is 0 Å². The molecule has 0 bridgehead atoms. The van der Waals surface area contributed by atoms with Crippen LogP contribution in [0.4, 0.5) is 5.69 Å². The summed E-state index contributed by atoms with van der Waals surface area (Å²) in [6, 6.07) is 10.5. The van der Waals surface area contributed by atoms with E-state index in [0.29, 0.717) is 6.42 Å². The fraction of sp³-hybridized carbons (Fsp3) is 0.182. The second-order valence-corrected chi connectivity index (χ2v) is 2.90. The van der Waals surface area contributed by atoms with Gasteiger partial charge in [0.1, 0.15) is 0 Å². The third-order valence-corrected chi connectivity index (χ3v) is 2.05. The lowest BCUT2D eigenvalue weighted by Gasteiger charge is -2.06. The molecule has 0 aromatic heterocycles. The summed E-state index contributed by atoms with van der Waals surface area (Å²) in [7, 11) is 0. The number of hydrogen-bond donors (Lipinski definition) is 0. The van der Waals surface area contributed by atoms with E-state index in [0.717, 1.165) is 11.3 Å². The molecule has 1 amide bonds. The number of rotatable bonds is 0. The molecule has 1 aromatic carbocycles. The fourth-order valence-corrected chi connectivity index (χ4v) is 1.49. The van der Waals surface area contributed by atoms with Gasteiger partial charge >= 0.3 is 0 Å². The fourth-order valence-electron chi connectivity index (χ4n) is 1.49. The third kappa shape index (κ3) is 1.19. The zero-order valence-electron chi connectivity index (χ0n) is 7.37. The van der Waals surface area contributed by atoms with Crippen molar-refractivity contribution in [2.45, 2.75) is 13.3 Å². The molecule has 0 atom stereocenters. The lowest BCUT2D eigenvalue weighted by molar-refractivity contribution is -0.116. The molecular formula is C11H9NO. The van der Waals surface area contributed by atoms with Gasteiger partial charge in [0.25, 0.3) is 0 Å². The van der Waals surface area contributed by atoms with Crippen molar-refractivity contribution in [1.29, 1.82) is 0 Å². The molecule has 0 saturated carbocycles. The summed E-state index contributed by atoms with van der Waals surface area (Å²) in [5, 5.41) is 0. The molecule has 1 aliphatic rings. The van der Waals surface area contributed by atoms with Crippen LogP contribution in [0.25, 0.3) is 0 Å². The standard InChI is InChI=1S/C11H9NO/c1-2-7-12-10-6-4-3-5-9(10)8-11(12)13/h3-6H,8H2,1H3. The van der Waals surface area contributed by atoms with Crippen molar-refractivity contribution in [3.8, 4) is 12.0 Å². The van der Waals surface area contributed by atoms with Gasteiger partial charge in [-0.2, -0.15) is 0 Å². The number of para-hydroxylation sites is 1. The number of fused-ring (bicyclic) bond motifs is 1. The minimum Gasteiger partial charge on any atom is -0.273 e. The number of benzene rings is 1. The molecule has 0 fully saturated rings. The van der Waals surface area contributed by atoms with Gasteiger partial charge in [0, 0.05) is 6.04 Å². The largest absolute Gasteiger partial charge is 0.273 e. The minimum atomic E-state index is 0.0653. The number of carbonyl (C=O) groups excluding carboxylic acids is 1. The number of nitrogens with zero attached hydrogens (tertiary/aromatic N) is 1. The average molecular weight is 171 g/mol. The van der Waals surface area contributed by atoms with Crippen LogP contribution in [0.2, 0.25) is 0 Å².